The van der Waals surface area contributed by atoms with Gasteiger partial charge in [-0.1, -0.05) is 18.2 Å². The largest absolute Gasteiger partial charge is 0.452 e. The first kappa shape index (κ1) is 16.7. The first-order chi connectivity index (χ1) is 13.1. The minimum atomic E-state index is -0.326. The third kappa shape index (κ3) is 3.48. The predicted molar refractivity (Wildman–Crippen MR) is 101 cm³/mol. The van der Waals surface area contributed by atoms with Crippen LogP contribution in [0.2, 0.25) is 0 Å². The Hall–Kier alpha value is -3.74. The molecule has 4 rings (SSSR count). The molecule has 134 valence electrons. The van der Waals surface area contributed by atoms with Gasteiger partial charge in [0.25, 0.3) is 5.56 Å². The fourth-order valence-corrected chi connectivity index (χ4v) is 2.63. The lowest BCUT2D eigenvalue weighted by atomic mass is 10.3. The zero-order valence-electron chi connectivity index (χ0n) is 14.4. The Balaban J connectivity index is 1.70. The standard InChI is InChI=1S/C20H15FN4O2/c1-25-18-13(11-17(19(25)26)27-16-5-3-2-4-6-16)12-22-20(24-18)23-15-9-7-14(21)8-10-15/h2-12H,1H3,(H,22,23,24). The summed E-state index contributed by atoms with van der Waals surface area (Å²) in [5.74, 6) is 0.748. The van der Waals surface area contributed by atoms with Gasteiger partial charge in [-0.25, -0.2) is 9.37 Å². The predicted octanol–water partition coefficient (Wildman–Crippen LogP) is 4.00. The second kappa shape index (κ2) is 6.87. The van der Waals surface area contributed by atoms with Crippen LogP contribution in [-0.2, 0) is 7.05 Å². The van der Waals surface area contributed by atoms with Crippen molar-refractivity contribution in [3.8, 4) is 11.5 Å². The Morgan fingerprint density at radius 3 is 2.56 bits per heavy atom. The lowest BCUT2D eigenvalue weighted by Crippen LogP contribution is -2.19. The van der Waals surface area contributed by atoms with Gasteiger partial charge in [-0.15, -0.1) is 0 Å². The van der Waals surface area contributed by atoms with E-state index in [2.05, 4.69) is 15.3 Å². The smallest absolute Gasteiger partial charge is 0.294 e. The molecule has 6 nitrogen and oxygen atoms in total. The number of nitrogens with zero attached hydrogens (tertiary/aromatic N) is 3. The van der Waals surface area contributed by atoms with Crippen molar-refractivity contribution in [1.29, 1.82) is 0 Å². The van der Waals surface area contributed by atoms with E-state index >= 15 is 0 Å². The molecule has 1 N–H and O–H groups in total. The maximum absolute atomic E-state index is 13.0. The number of hydrogen-bond acceptors (Lipinski definition) is 5. The summed E-state index contributed by atoms with van der Waals surface area (Å²) in [6.45, 7) is 0. The van der Waals surface area contributed by atoms with Gasteiger partial charge in [0.1, 0.15) is 17.2 Å². The van der Waals surface area contributed by atoms with Gasteiger partial charge < -0.3 is 10.1 Å². The van der Waals surface area contributed by atoms with E-state index in [1.54, 1.807) is 43.6 Å². The van der Waals surface area contributed by atoms with Crippen LogP contribution in [0.3, 0.4) is 0 Å². The molecule has 0 aliphatic carbocycles. The fourth-order valence-electron chi connectivity index (χ4n) is 2.63. The Morgan fingerprint density at radius 2 is 1.81 bits per heavy atom. The molecule has 4 aromatic rings. The van der Waals surface area contributed by atoms with Crippen molar-refractivity contribution in [3.63, 3.8) is 0 Å². The molecule has 2 aromatic heterocycles. The highest BCUT2D eigenvalue weighted by molar-refractivity contribution is 5.77. The Morgan fingerprint density at radius 1 is 1.07 bits per heavy atom. The SMILES string of the molecule is Cn1c(=O)c(Oc2ccccc2)cc2cnc(Nc3ccc(F)cc3)nc21. The molecule has 2 heterocycles. The molecule has 27 heavy (non-hydrogen) atoms. The summed E-state index contributed by atoms with van der Waals surface area (Å²) in [6, 6.07) is 16.5. The molecule has 0 saturated carbocycles. The number of nitrogens with one attached hydrogen (secondary N) is 1. The number of pyridine rings is 1. The third-order valence-electron chi connectivity index (χ3n) is 3.99. The third-order valence-corrected chi connectivity index (χ3v) is 3.99. The lowest BCUT2D eigenvalue weighted by molar-refractivity contribution is 0.471. The van der Waals surface area contributed by atoms with Crippen molar-refractivity contribution in [2.24, 2.45) is 7.05 Å². The number of fused-ring (bicyclic) bond motifs is 1. The van der Waals surface area contributed by atoms with Crippen LogP contribution in [0.15, 0.2) is 71.7 Å². The quantitative estimate of drug-likeness (QED) is 0.594. The molecule has 0 atom stereocenters. The lowest BCUT2D eigenvalue weighted by Gasteiger charge is -2.11. The minimum Gasteiger partial charge on any atom is -0.452 e. The average Bonchev–Trinajstić information content (AvgIpc) is 2.69. The number of ether oxygens (including phenoxy) is 1. The first-order valence-electron chi connectivity index (χ1n) is 8.22. The van der Waals surface area contributed by atoms with Crippen molar-refractivity contribution < 1.29 is 9.13 Å². The van der Waals surface area contributed by atoms with E-state index in [1.165, 1.54) is 16.7 Å². The second-order valence-electron chi connectivity index (χ2n) is 5.89. The van der Waals surface area contributed by atoms with Crippen LogP contribution in [0.1, 0.15) is 0 Å². The van der Waals surface area contributed by atoms with Gasteiger partial charge in [0.2, 0.25) is 5.95 Å². The Bertz CT molecular complexity index is 1160. The second-order valence-corrected chi connectivity index (χ2v) is 5.89. The number of anilines is 2. The highest BCUT2D eigenvalue weighted by Gasteiger charge is 2.11. The monoisotopic (exact) mass is 362 g/mol. The highest BCUT2D eigenvalue weighted by Crippen LogP contribution is 2.22. The van der Waals surface area contributed by atoms with Gasteiger partial charge in [-0.3, -0.25) is 9.36 Å². The van der Waals surface area contributed by atoms with Crippen LogP contribution < -0.4 is 15.6 Å². The number of benzene rings is 2. The number of para-hydroxylation sites is 1. The summed E-state index contributed by atoms with van der Waals surface area (Å²) in [7, 11) is 1.62. The Kier molecular flexibility index (Phi) is 4.25. The van der Waals surface area contributed by atoms with Crippen LogP contribution >= 0.6 is 0 Å². The summed E-state index contributed by atoms with van der Waals surface area (Å²) in [6.07, 6.45) is 1.60. The number of aromatic nitrogens is 3. The molecular formula is C20H15FN4O2. The summed E-state index contributed by atoms with van der Waals surface area (Å²) < 4.78 is 20.1. The van der Waals surface area contributed by atoms with E-state index in [4.69, 9.17) is 4.74 Å². The topological polar surface area (TPSA) is 69.0 Å². The molecular weight excluding hydrogens is 347 g/mol. The number of aryl methyl sites for hydroxylation is 1. The molecule has 0 unspecified atom stereocenters. The maximum atomic E-state index is 13.0. The van der Waals surface area contributed by atoms with E-state index < -0.39 is 0 Å². The minimum absolute atomic E-state index is 0.194. The molecule has 7 heteroatoms. The number of rotatable bonds is 4. The van der Waals surface area contributed by atoms with Gasteiger partial charge >= 0.3 is 0 Å². The van der Waals surface area contributed by atoms with E-state index in [-0.39, 0.29) is 17.1 Å². The summed E-state index contributed by atoms with van der Waals surface area (Å²) >= 11 is 0. The van der Waals surface area contributed by atoms with Gasteiger partial charge in [0.15, 0.2) is 5.75 Å². The van der Waals surface area contributed by atoms with Crippen molar-refractivity contribution in [2.75, 3.05) is 5.32 Å². The zero-order chi connectivity index (χ0) is 18.8. The van der Waals surface area contributed by atoms with E-state index in [9.17, 15) is 9.18 Å². The van der Waals surface area contributed by atoms with Crippen LogP contribution in [0.4, 0.5) is 16.0 Å². The maximum Gasteiger partial charge on any atom is 0.294 e. The molecule has 0 fully saturated rings. The van der Waals surface area contributed by atoms with E-state index in [0.717, 1.165) is 0 Å². The van der Waals surface area contributed by atoms with Crippen LogP contribution in [0.5, 0.6) is 11.5 Å². The fraction of sp³-hybridized carbons (Fsp3) is 0.0500. The van der Waals surface area contributed by atoms with Crippen LogP contribution in [-0.4, -0.2) is 14.5 Å². The molecule has 0 saturated heterocycles. The van der Waals surface area contributed by atoms with Crippen LogP contribution in [0, 0.1) is 5.82 Å². The molecule has 0 aliphatic heterocycles. The molecule has 0 radical (unpaired) electrons. The zero-order valence-corrected chi connectivity index (χ0v) is 14.4. The van der Waals surface area contributed by atoms with Crippen LogP contribution in [0.25, 0.3) is 11.0 Å². The van der Waals surface area contributed by atoms with Gasteiger partial charge in [0, 0.05) is 24.3 Å². The molecule has 0 spiro atoms. The molecule has 0 aliphatic rings. The van der Waals surface area contributed by atoms with Crippen molar-refractivity contribution in [3.05, 3.63) is 83.0 Å². The summed E-state index contributed by atoms with van der Waals surface area (Å²) in [5.41, 5.74) is 0.794. The van der Waals surface area contributed by atoms with Gasteiger partial charge in [-0.05, 0) is 42.5 Å². The van der Waals surface area contributed by atoms with Gasteiger partial charge in [0.05, 0.1) is 0 Å². The van der Waals surface area contributed by atoms with E-state index in [1.807, 2.05) is 18.2 Å². The molecule has 0 bridgehead atoms. The van der Waals surface area contributed by atoms with Crippen molar-refractivity contribution in [1.82, 2.24) is 14.5 Å². The summed E-state index contributed by atoms with van der Waals surface area (Å²) in [4.78, 5) is 21.3. The van der Waals surface area contributed by atoms with E-state index in [0.29, 0.717) is 28.4 Å². The summed E-state index contributed by atoms with van der Waals surface area (Å²) in [5, 5.41) is 3.65. The van der Waals surface area contributed by atoms with Crippen molar-refractivity contribution >= 4 is 22.7 Å². The number of halogens is 1. The highest BCUT2D eigenvalue weighted by atomic mass is 19.1. The Labute approximate surface area is 153 Å². The average molecular weight is 362 g/mol. The molecule has 2 aromatic carbocycles. The first-order valence-corrected chi connectivity index (χ1v) is 8.22. The molecule has 0 amide bonds. The van der Waals surface area contributed by atoms with Crippen molar-refractivity contribution in [2.45, 2.75) is 0 Å². The number of hydrogen-bond donors (Lipinski definition) is 1. The van der Waals surface area contributed by atoms with Gasteiger partial charge in [-0.2, -0.15) is 4.98 Å². The normalized spacial score (nSPS) is 10.7.